The molecule has 2 aromatic heterocycles. The van der Waals surface area contributed by atoms with Crippen molar-refractivity contribution < 1.29 is 31.5 Å². The molecule has 0 radical (unpaired) electrons. The summed E-state index contributed by atoms with van der Waals surface area (Å²) in [5.41, 5.74) is -2.83. The van der Waals surface area contributed by atoms with Crippen LogP contribution in [0.4, 0.5) is 22.0 Å². The Morgan fingerprint density at radius 3 is 2.44 bits per heavy atom. The molecule has 2 heterocycles. The molecule has 3 aromatic rings. The number of aryl methyl sites for hydroxylation is 2. The van der Waals surface area contributed by atoms with Gasteiger partial charge in [-0.3, -0.25) is 0 Å². The van der Waals surface area contributed by atoms with Crippen molar-refractivity contribution in [1.29, 1.82) is 5.26 Å². The van der Waals surface area contributed by atoms with Crippen LogP contribution in [0.15, 0.2) is 30.6 Å². The largest absolute Gasteiger partial charge is 0.462 e. The molecule has 0 spiro atoms. The highest BCUT2D eigenvalue weighted by atomic mass is 127. The molecule has 0 aliphatic heterocycles. The molecule has 0 saturated heterocycles. The molecule has 3 rings (SSSR count). The summed E-state index contributed by atoms with van der Waals surface area (Å²) in [4.78, 5) is 12.9. The lowest BCUT2D eigenvalue weighted by Crippen LogP contribution is -2.48. The Morgan fingerprint density at radius 1 is 1.25 bits per heavy atom. The van der Waals surface area contributed by atoms with Gasteiger partial charge in [0.05, 0.1) is 24.1 Å². The minimum absolute atomic E-state index is 0.130. The molecule has 0 N–H and O–H groups in total. The minimum Gasteiger partial charge on any atom is -0.462 e. The quantitative estimate of drug-likeness (QED) is 0.0890. The van der Waals surface area contributed by atoms with Crippen molar-refractivity contribution in [1.82, 2.24) is 9.78 Å². The van der Waals surface area contributed by atoms with Crippen molar-refractivity contribution in [3.8, 4) is 22.2 Å². The van der Waals surface area contributed by atoms with E-state index in [2.05, 4.69) is 5.10 Å². The molecule has 192 valence electrons. The number of hydrogen-bond acceptors (Lipinski definition) is 5. The van der Waals surface area contributed by atoms with Gasteiger partial charge >= 0.3 is 12.1 Å². The van der Waals surface area contributed by atoms with Crippen molar-refractivity contribution in [2.24, 2.45) is 0 Å². The van der Waals surface area contributed by atoms with Crippen LogP contribution in [0.25, 0.3) is 16.1 Å². The number of rotatable bonds is 7. The molecule has 0 amide bonds. The second-order valence-electron chi connectivity index (χ2n) is 7.79. The van der Waals surface area contributed by atoms with E-state index in [-0.39, 0.29) is 23.5 Å². The van der Waals surface area contributed by atoms with Gasteiger partial charge in [0.2, 0.25) is 3.42 Å². The molecule has 0 fully saturated rings. The van der Waals surface area contributed by atoms with Crippen LogP contribution in [0.3, 0.4) is 0 Å². The van der Waals surface area contributed by atoms with Crippen molar-refractivity contribution in [2.45, 2.75) is 42.5 Å². The predicted molar refractivity (Wildman–Crippen MR) is 138 cm³/mol. The first-order valence-corrected chi connectivity index (χ1v) is 13.0. The summed E-state index contributed by atoms with van der Waals surface area (Å²) in [6, 6.07) is 5.73. The Bertz CT molecular complexity index is 1330. The van der Waals surface area contributed by atoms with Crippen LogP contribution in [-0.2, 0) is 14.6 Å². The summed E-state index contributed by atoms with van der Waals surface area (Å²) in [7, 11) is 1.01. The van der Waals surface area contributed by atoms with Crippen LogP contribution in [0.1, 0.15) is 45.8 Å². The summed E-state index contributed by atoms with van der Waals surface area (Å²) < 4.78 is 73.1. The zero-order valence-corrected chi connectivity index (χ0v) is 23.3. The van der Waals surface area contributed by atoms with E-state index in [0.29, 0.717) is 27.3 Å². The van der Waals surface area contributed by atoms with Gasteiger partial charge in [-0.1, -0.05) is 50.9 Å². The first-order chi connectivity index (χ1) is 16.7. The molecule has 1 aromatic carbocycles. The SMILES string of the molecule is CCOC(=O)c1cc(-c2cnn(-c3c(C)cc(C(I)(C(F)(F)F)C(F)(F)P)cc3CC)c2)sc1C#N. The van der Waals surface area contributed by atoms with Crippen molar-refractivity contribution in [3.63, 3.8) is 0 Å². The predicted octanol–water partition coefficient (Wildman–Crippen LogP) is 7.18. The summed E-state index contributed by atoms with van der Waals surface area (Å²) in [5, 5.41) is 13.7. The maximum atomic E-state index is 14.3. The Kier molecular flexibility index (Phi) is 8.18. The number of ether oxygens (including phenoxy) is 1. The van der Waals surface area contributed by atoms with Gasteiger partial charge in [-0.15, -0.1) is 11.3 Å². The van der Waals surface area contributed by atoms with Crippen molar-refractivity contribution >= 4 is 49.1 Å². The Morgan fingerprint density at radius 2 is 1.92 bits per heavy atom. The first kappa shape index (κ1) is 28.5. The van der Waals surface area contributed by atoms with Crippen LogP contribution in [0, 0.1) is 18.3 Å². The van der Waals surface area contributed by atoms with Crippen LogP contribution in [-0.4, -0.2) is 34.2 Å². The number of alkyl halides is 6. The summed E-state index contributed by atoms with van der Waals surface area (Å²) in [6.45, 7) is 5.04. The zero-order chi connectivity index (χ0) is 27.1. The van der Waals surface area contributed by atoms with Crippen LogP contribution >= 0.6 is 43.2 Å². The summed E-state index contributed by atoms with van der Waals surface area (Å²) in [5.74, 6) is -0.624. The smallest absolute Gasteiger partial charge is 0.413 e. The average molecular weight is 655 g/mol. The fourth-order valence-corrected chi connectivity index (χ4v) is 5.30. The number of carbonyl (C=O) groups excluding carboxylic acids is 1. The van der Waals surface area contributed by atoms with Gasteiger partial charge in [0, 0.05) is 16.6 Å². The van der Waals surface area contributed by atoms with Gasteiger partial charge < -0.3 is 4.74 Å². The maximum absolute atomic E-state index is 14.3. The molecular weight excluding hydrogens is 635 g/mol. The lowest BCUT2D eigenvalue weighted by atomic mass is 9.92. The number of aromatic nitrogens is 2. The van der Waals surface area contributed by atoms with Crippen molar-refractivity contribution in [2.75, 3.05) is 6.61 Å². The Balaban J connectivity index is 2.11. The molecule has 0 bridgehead atoms. The number of thiophene rings is 1. The van der Waals surface area contributed by atoms with Crippen LogP contribution in [0.2, 0.25) is 0 Å². The highest BCUT2D eigenvalue weighted by Crippen LogP contribution is 2.59. The molecule has 2 atom stereocenters. The van der Waals surface area contributed by atoms with Gasteiger partial charge in [-0.2, -0.15) is 23.5 Å². The molecule has 36 heavy (non-hydrogen) atoms. The minimum atomic E-state index is -5.22. The van der Waals surface area contributed by atoms with Gasteiger partial charge in [0.1, 0.15) is 10.9 Å². The van der Waals surface area contributed by atoms with Gasteiger partial charge in [0.15, 0.2) is 0 Å². The average Bonchev–Trinajstić information content (AvgIpc) is 3.43. The zero-order valence-electron chi connectivity index (χ0n) is 19.2. The molecule has 0 saturated carbocycles. The summed E-state index contributed by atoms with van der Waals surface area (Å²) >= 11 is 1.85. The number of esters is 1. The second-order valence-corrected chi connectivity index (χ2v) is 11.2. The fourth-order valence-electron chi connectivity index (χ4n) is 3.74. The number of hydrogen-bond donors (Lipinski definition) is 0. The standard InChI is InChI=1S/C23H20F5IN3O2PS/c1-4-13-7-15(21(29,22(24,25)26)23(27,28)35)6-12(3)19(13)32-11-14(10-31-32)17-8-16(18(9-30)36-17)20(33)34-5-2/h6-8,10-11H,4-5,35H2,1-3H3. The van der Waals surface area contributed by atoms with E-state index in [1.54, 1.807) is 20.0 Å². The number of nitrogens with zero attached hydrogens (tertiary/aromatic N) is 3. The molecular formula is C23H20F5IN3O2PS. The molecule has 0 aliphatic carbocycles. The van der Waals surface area contributed by atoms with Gasteiger partial charge in [0.25, 0.3) is 5.66 Å². The van der Waals surface area contributed by atoms with Gasteiger partial charge in [-0.25, -0.2) is 18.3 Å². The highest BCUT2D eigenvalue weighted by Gasteiger charge is 2.67. The molecule has 2 unspecified atom stereocenters. The molecule has 5 nitrogen and oxygen atoms in total. The Hall–Kier alpha value is -2.10. The third kappa shape index (κ3) is 5.02. The van der Waals surface area contributed by atoms with E-state index >= 15 is 0 Å². The first-order valence-electron chi connectivity index (χ1n) is 10.5. The monoisotopic (exact) mass is 655 g/mol. The third-order valence-electron chi connectivity index (χ3n) is 5.43. The topological polar surface area (TPSA) is 67.9 Å². The lowest BCUT2D eigenvalue weighted by molar-refractivity contribution is -0.193. The second kappa shape index (κ2) is 10.3. The van der Waals surface area contributed by atoms with E-state index in [4.69, 9.17) is 4.74 Å². The van der Waals surface area contributed by atoms with Crippen molar-refractivity contribution in [3.05, 3.63) is 57.7 Å². The van der Waals surface area contributed by atoms with E-state index in [1.165, 1.54) is 23.9 Å². The number of benzene rings is 1. The molecule has 0 aliphatic rings. The number of halogens is 6. The third-order valence-corrected chi connectivity index (χ3v) is 9.50. The van der Waals surface area contributed by atoms with E-state index in [9.17, 15) is 32.0 Å². The number of carbonyl (C=O) groups is 1. The molecule has 13 heteroatoms. The Labute approximate surface area is 224 Å². The van der Waals surface area contributed by atoms with Crippen LogP contribution < -0.4 is 0 Å². The van der Waals surface area contributed by atoms with E-state index in [0.717, 1.165) is 55.3 Å². The number of nitriles is 1. The van der Waals surface area contributed by atoms with Gasteiger partial charge in [-0.05, 0) is 43.0 Å². The summed E-state index contributed by atoms with van der Waals surface area (Å²) in [6.07, 6.45) is -1.86. The lowest BCUT2D eigenvalue weighted by Gasteiger charge is -2.36. The van der Waals surface area contributed by atoms with E-state index < -0.39 is 26.8 Å². The normalized spacial score (nSPS) is 13.8. The maximum Gasteiger partial charge on any atom is 0.413 e. The van der Waals surface area contributed by atoms with E-state index in [1.807, 2.05) is 6.07 Å². The van der Waals surface area contributed by atoms with Crippen LogP contribution in [0.5, 0.6) is 0 Å². The highest BCUT2D eigenvalue weighted by molar-refractivity contribution is 14.1. The fraction of sp³-hybridized carbons (Fsp3) is 0.348.